The van der Waals surface area contributed by atoms with Gasteiger partial charge in [0.05, 0.1) is 22.2 Å². The molecular formula is C26H23ClN2O4S. The standard InChI is InChI=1S/C26H23ClN2O4S/c1-15-22(27)6-3-7-23(15)29-34(32,33)18-12-13-24-21(14-18)19-4-2-5-20(19)25(28-24)16-8-10-17(11-9-16)26(30)31/h2-4,6-14,19-20,25,28-29H,5H2,1H3,(H,30,31)/t19-,20+,25+/m1/s1. The third-order valence-electron chi connectivity index (χ3n) is 6.67. The lowest BCUT2D eigenvalue weighted by atomic mass is 9.77. The molecule has 0 saturated heterocycles. The van der Waals surface area contributed by atoms with Gasteiger partial charge in [0.25, 0.3) is 10.0 Å². The summed E-state index contributed by atoms with van der Waals surface area (Å²) in [6.07, 6.45) is 5.10. The van der Waals surface area contributed by atoms with Crippen LogP contribution in [0.1, 0.15) is 45.4 Å². The predicted octanol–water partition coefficient (Wildman–Crippen LogP) is 5.97. The second kappa shape index (κ2) is 8.49. The quantitative estimate of drug-likeness (QED) is 0.379. The fourth-order valence-electron chi connectivity index (χ4n) is 4.82. The molecule has 0 aromatic heterocycles. The van der Waals surface area contributed by atoms with Crippen LogP contribution in [0.5, 0.6) is 0 Å². The van der Waals surface area contributed by atoms with Crippen molar-refractivity contribution in [3.8, 4) is 0 Å². The van der Waals surface area contributed by atoms with E-state index in [1.165, 1.54) is 0 Å². The number of benzene rings is 3. The number of sulfonamides is 1. The number of aromatic carboxylic acids is 1. The van der Waals surface area contributed by atoms with Crippen molar-refractivity contribution in [3.63, 3.8) is 0 Å². The highest BCUT2D eigenvalue weighted by Gasteiger charge is 2.38. The molecule has 8 heteroatoms. The van der Waals surface area contributed by atoms with Gasteiger partial charge >= 0.3 is 5.97 Å². The Balaban J connectivity index is 1.47. The van der Waals surface area contributed by atoms with E-state index in [9.17, 15) is 18.3 Å². The molecule has 2 aliphatic rings. The predicted molar refractivity (Wildman–Crippen MR) is 133 cm³/mol. The Morgan fingerprint density at radius 3 is 2.62 bits per heavy atom. The molecule has 0 unspecified atom stereocenters. The maximum absolute atomic E-state index is 13.2. The molecule has 0 amide bonds. The zero-order valence-electron chi connectivity index (χ0n) is 18.3. The van der Waals surface area contributed by atoms with Crippen LogP contribution in [-0.4, -0.2) is 19.5 Å². The number of anilines is 2. The average Bonchev–Trinajstić information content (AvgIpc) is 3.31. The fraction of sp³-hybridized carbons (Fsp3) is 0.192. The van der Waals surface area contributed by atoms with E-state index in [0.717, 1.165) is 23.2 Å². The topological polar surface area (TPSA) is 95.5 Å². The highest BCUT2D eigenvalue weighted by Crippen LogP contribution is 2.50. The van der Waals surface area contributed by atoms with Crippen molar-refractivity contribution in [3.05, 3.63) is 100 Å². The molecule has 6 nitrogen and oxygen atoms in total. The second-order valence-corrected chi connectivity index (χ2v) is 10.8. The number of carboxylic acids is 1. The molecule has 0 spiro atoms. The number of carbonyl (C=O) groups is 1. The van der Waals surface area contributed by atoms with Crippen molar-refractivity contribution in [2.45, 2.75) is 30.2 Å². The van der Waals surface area contributed by atoms with Crippen molar-refractivity contribution >= 4 is 39.0 Å². The maximum atomic E-state index is 13.2. The first kappa shape index (κ1) is 22.5. The molecule has 0 bridgehead atoms. The lowest BCUT2D eigenvalue weighted by molar-refractivity contribution is 0.0697. The number of hydrogen-bond acceptors (Lipinski definition) is 4. The van der Waals surface area contributed by atoms with Crippen LogP contribution in [0, 0.1) is 12.8 Å². The van der Waals surface area contributed by atoms with Gasteiger partial charge in [-0.05, 0) is 78.4 Å². The minimum Gasteiger partial charge on any atom is -0.478 e. The zero-order chi connectivity index (χ0) is 24.0. The van der Waals surface area contributed by atoms with Crippen LogP contribution in [0.15, 0.2) is 77.7 Å². The van der Waals surface area contributed by atoms with E-state index in [1.807, 2.05) is 12.1 Å². The number of carboxylic acid groups (broad SMARTS) is 1. The number of fused-ring (bicyclic) bond motifs is 3. The second-order valence-electron chi connectivity index (χ2n) is 8.67. The van der Waals surface area contributed by atoms with Crippen molar-refractivity contribution in [2.24, 2.45) is 5.92 Å². The van der Waals surface area contributed by atoms with Crippen LogP contribution in [0.2, 0.25) is 5.02 Å². The summed E-state index contributed by atoms with van der Waals surface area (Å²) < 4.78 is 29.0. The first-order valence-corrected chi connectivity index (χ1v) is 12.8. The lowest BCUT2D eigenvalue weighted by Crippen LogP contribution is -2.29. The molecule has 1 heterocycles. The molecule has 0 fully saturated rings. The van der Waals surface area contributed by atoms with E-state index < -0.39 is 16.0 Å². The Hall–Kier alpha value is -3.29. The fourth-order valence-corrected chi connectivity index (χ4v) is 6.16. The maximum Gasteiger partial charge on any atom is 0.335 e. The number of halogens is 1. The SMILES string of the molecule is Cc1c(Cl)cccc1NS(=O)(=O)c1ccc2c(c1)[C@@H]1C=CC[C@@H]1[C@H](c1ccc(C(=O)O)cc1)N2. The smallest absolute Gasteiger partial charge is 0.335 e. The van der Waals surface area contributed by atoms with E-state index in [-0.39, 0.29) is 28.3 Å². The number of nitrogens with one attached hydrogen (secondary N) is 2. The van der Waals surface area contributed by atoms with Crippen LogP contribution in [0.3, 0.4) is 0 Å². The van der Waals surface area contributed by atoms with Crippen LogP contribution in [0.4, 0.5) is 11.4 Å². The van der Waals surface area contributed by atoms with Gasteiger partial charge in [0.15, 0.2) is 0 Å². The molecule has 3 aromatic rings. The van der Waals surface area contributed by atoms with Gasteiger partial charge in [-0.2, -0.15) is 0 Å². The molecule has 0 saturated carbocycles. The highest BCUT2D eigenvalue weighted by atomic mass is 35.5. The molecule has 174 valence electrons. The third kappa shape index (κ3) is 3.95. The van der Waals surface area contributed by atoms with Gasteiger partial charge in [0.2, 0.25) is 0 Å². The van der Waals surface area contributed by atoms with Gasteiger partial charge in [-0.3, -0.25) is 4.72 Å². The summed E-state index contributed by atoms with van der Waals surface area (Å²) in [6.45, 7) is 1.77. The average molecular weight is 495 g/mol. The van der Waals surface area contributed by atoms with Gasteiger partial charge in [-0.1, -0.05) is 42.0 Å². The molecule has 0 radical (unpaired) electrons. The van der Waals surface area contributed by atoms with E-state index in [1.54, 1.807) is 55.5 Å². The van der Waals surface area contributed by atoms with Gasteiger partial charge in [-0.15, -0.1) is 0 Å². The Labute approximate surface area is 203 Å². The van der Waals surface area contributed by atoms with Crippen LogP contribution < -0.4 is 10.0 Å². The van der Waals surface area contributed by atoms with Gasteiger partial charge in [0.1, 0.15) is 0 Å². The molecule has 34 heavy (non-hydrogen) atoms. The van der Waals surface area contributed by atoms with Crippen molar-refractivity contribution in [2.75, 3.05) is 10.0 Å². The largest absolute Gasteiger partial charge is 0.478 e. The van der Waals surface area contributed by atoms with Crippen LogP contribution >= 0.6 is 11.6 Å². The highest BCUT2D eigenvalue weighted by molar-refractivity contribution is 7.92. The van der Waals surface area contributed by atoms with E-state index in [4.69, 9.17) is 11.6 Å². The van der Waals surface area contributed by atoms with Crippen LogP contribution in [0.25, 0.3) is 0 Å². The minimum absolute atomic E-state index is 0.00922. The van der Waals surface area contributed by atoms with Gasteiger partial charge in [0, 0.05) is 16.6 Å². The molecule has 1 aliphatic carbocycles. The molecule has 3 N–H and O–H groups in total. The Kier molecular flexibility index (Phi) is 5.62. The molecule has 3 atom stereocenters. The normalized spacial score (nSPS) is 20.8. The van der Waals surface area contributed by atoms with E-state index >= 15 is 0 Å². The van der Waals surface area contributed by atoms with Crippen molar-refractivity contribution in [1.82, 2.24) is 0 Å². The van der Waals surface area contributed by atoms with Crippen molar-refractivity contribution < 1.29 is 18.3 Å². The zero-order valence-corrected chi connectivity index (χ0v) is 19.9. The lowest BCUT2D eigenvalue weighted by Gasteiger charge is -2.37. The summed E-state index contributed by atoms with van der Waals surface area (Å²) in [6, 6.07) is 17.2. The van der Waals surface area contributed by atoms with Crippen LogP contribution in [-0.2, 0) is 10.0 Å². The first-order chi connectivity index (χ1) is 16.2. The summed E-state index contributed by atoms with van der Waals surface area (Å²) in [4.78, 5) is 11.4. The van der Waals surface area contributed by atoms with E-state index in [2.05, 4.69) is 22.2 Å². The first-order valence-electron chi connectivity index (χ1n) is 10.9. The Morgan fingerprint density at radius 1 is 1.12 bits per heavy atom. The number of hydrogen-bond donors (Lipinski definition) is 3. The number of allylic oxidation sites excluding steroid dienone is 2. The molecule has 5 rings (SSSR count). The summed E-state index contributed by atoms with van der Waals surface area (Å²) in [5.41, 5.74) is 4.18. The van der Waals surface area contributed by atoms with Gasteiger partial charge < -0.3 is 10.4 Å². The summed E-state index contributed by atoms with van der Waals surface area (Å²) in [7, 11) is -3.81. The monoisotopic (exact) mass is 494 g/mol. The van der Waals surface area contributed by atoms with Crippen molar-refractivity contribution in [1.29, 1.82) is 0 Å². The summed E-state index contributed by atoms with van der Waals surface area (Å²) >= 11 is 6.15. The van der Waals surface area contributed by atoms with Gasteiger partial charge in [-0.25, -0.2) is 13.2 Å². The minimum atomic E-state index is -3.81. The molecule has 3 aromatic carbocycles. The third-order valence-corrected chi connectivity index (χ3v) is 8.45. The molecule has 1 aliphatic heterocycles. The number of rotatable bonds is 5. The molecular weight excluding hydrogens is 472 g/mol. The Morgan fingerprint density at radius 2 is 1.88 bits per heavy atom. The Bertz CT molecular complexity index is 1420. The summed E-state index contributed by atoms with van der Waals surface area (Å²) in [5.74, 6) is -0.697. The van der Waals surface area contributed by atoms with E-state index in [0.29, 0.717) is 16.3 Å². The summed E-state index contributed by atoms with van der Waals surface area (Å²) in [5, 5.41) is 13.2.